The largest absolute Gasteiger partial charge is 0.471 e. The van der Waals surface area contributed by atoms with Gasteiger partial charge in [-0.15, -0.1) is 0 Å². The summed E-state index contributed by atoms with van der Waals surface area (Å²) in [4.78, 5) is 21.7. The highest BCUT2D eigenvalue weighted by molar-refractivity contribution is 6.03. The van der Waals surface area contributed by atoms with Gasteiger partial charge in [-0.05, 0) is 31.0 Å². The van der Waals surface area contributed by atoms with Crippen LogP contribution < -0.4 is 10.6 Å². The molecule has 0 saturated carbocycles. The van der Waals surface area contributed by atoms with Crippen molar-refractivity contribution in [3.05, 3.63) is 29.3 Å². The smallest absolute Gasteiger partial charge is 0.307 e. The van der Waals surface area contributed by atoms with Crippen LogP contribution in [0.2, 0.25) is 0 Å². The van der Waals surface area contributed by atoms with E-state index in [2.05, 4.69) is 5.32 Å². The fourth-order valence-electron chi connectivity index (χ4n) is 1.21. The van der Waals surface area contributed by atoms with E-state index < -0.39 is 18.1 Å². The first kappa shape index (κ1) is 14.0. The average Bonchev–Trinajstić information content (AvgIpc) is 2.23. The summed E-state index contributed by atoms with van der Waals surface area (Å²) in [5.74, 6) is -2.30. The third kappa shape index (κ3) is 3.47. The van der Waals surface area contributed by atoms with Gasteiger partial charge >= 0.3 is 18.1 Å². The Labute approximate surface area is 101 Å². The standard InChI is InChI=1S/C11H11F3N2O2/c1-6-4-3-5-8(7(6)2)15-10(18)16-9(17)11(12,13)14/h3-5H,1-2H3,(H2,15,16,17,18). The molecule has 4 nitrogen and oxygen atoms in total. The maximum absolute atomic E-state index is 11.9. The highest BCUT2D eigenvalue weighted by Gasteiger charge is 2.39. The lowest BCUT2D eigenvalue weighted by molar-refractivity contribution is -0.172. The summed E-state index contributed by atoms with van der Waals surface area (Å²) < 4.78 is 35.7. The van der Waals surface area contributed by atoms with Crippen LogP contribution in [0.25, 0.3) is 0 Å². The number of anilines is 1. The lowest BCUT2D eigenvalue weighted by atomic mass is 10.1. The fourth-order valence-corrected chi connectivity index (χ4v) is 1.21. The lowest BCUT2D eigenvalue weighted by Gasteiger charge is -2.11. The van der Waals surface area contributed by atoms with Crippen molar-refractivity contribution < 1.29 is 22.8 Å². The number of halogens is 3. The Kier molecular flexibility index (Phi) is 3.95. The van der Waals surface area contributed by atoms with Crippen LogP contribution in [-0.2, 0) is 4.79 Å². The van der Waals surface area contributed by atoms with Gasteiger partial charge in [-0.25, -0.2) is 4.79 Å². The van der Waals surface area contributed by atoms with E-state index in [1.807, 2.05) is 0 Å². The Balaban J connectivity index is 2.72. The Bertz CT molecular complexity index is 484. The van der Waals surface area contributed by atoms with Gasteiger partial charge < -0.3 is 5.32 Å². The van der Waals surface area contributed by atoms with Crippen LogP contribution in [0.5, 0.6) is 0 Å². The molecule has 1 rings (SSSR count). The normalized spacial score (nSPS) is 10.9. The van der Waals surface area contributed by atoms with E-state index in [4.69, 9.17) is 0 Å². The van der Waals surface area contributed by atoms with E-state index in [9.17, 15) is 22.8 Å². The first-order valence-corrected chi connectivity index (χ1v) is 4.97. The number of carbonyl (C=O) groups is 2. The topological polar surface area (TPSA) is 58.2 Å². The molecule has 0 bridgehead atoms. The SMILES string of the molecule is Cc1cccc(NC(=O)NC(=O)C(F)(F)F)c1C. The average molecular weight is 260 g/mol. The fraction of sp³-hybridized carbons (Fsp3) is 0.273. The summed E-state index contributed by atoms with van der Waals surface area (Å²) in [5.41, 5.74) is 1.93. The highest BCUT2D eigenvalue weighted by Crippen LogP contribution is 2.18. The minimum absolute atomic E-state index is 0.350. The molecule has 0 radical (unpaired) electrons. The molecule has 0 atom stereocenters. The number of benzene rings is 1. The molecule has 1 aromatic carbocycles. The molecule has 3 amide bonds. The van der Waals surface area contributed by atoms with Crippen molar-refractivity contribution in [2.75, 3.05) is 5.32 Å². The van der Waals surface area contributed by atoms with E-state index in [1.54, 1.807) is 26.0 Å². The van der Waals surface area contributed by atoms with Gasteiger partial charge in [-0.1, -0.05) is 12.1 Å². The summed E-state index contributed by atoms with van der Waals surface area (Å²) in [6, 6.07) is 3.74. The van der Waals surface area contributed by atoms with Crippen molar-refractivity contribution in [2.24, 2.45) is 0 Å². The van der Waals surface area contributed by atoms with Crippen LogP contribution >= 0.6 is 0 Å². The number of rotatable bonds is 1. The number of hydrogen-bond donors (Lipinski definition) is 2. The van der Waals surface area contributed by atoms with Gasteiger partial charge in [-0.3, -0.25) is 10.1 Å². The number of carbonyl (C=O) groups excluding carboxylic acids is 2. The van der Waals surface area contributed by atoms with Crippen molar-refractivity contribution >= 4 is 17.6 Å². The summed E-state index contributed by atoms with van der Waals surface area (Å²) in [5, 5.41) is 3.38. The molecule has 98 valence electrons. The molecule has 0 unspecified atom stereocenters. The molecule has 0 heterocycles. The Morgan fingerprint density at radius 2 is 1.78 bits per heavy atom. The van der Waals surface area contributed by atoms with Crippen LogP contribution in [-0.4, -0.2) is 18.1 Å². The maximum Gasteiger partial charge on any atom is 0.471 e. The Hall–Kier alpha value is -2.05. The molecule has 0 aromatic heterocycles. The van der Waals surface area contributed by atoms with Crippen molar-refractivity contribution in [1.29, 1.82) is 0 Å². The Morgan fingerprint density at radius 3 is 2.33 bits per heavy atom. The number of aryl methyl sites for hydroxylation is 1. The summed E-state index contributed by atoms with van der Waals surface area (Å²) in [6.45, 7) is 3.50. The van der Waals surface area contributed by atoms with Gasteiger partial charge in [0.25, 0.3) is 0 Å². The van der Waals surface area contributed by atoms with Crippen LogP contribution in [0.3, 0.4) is 0 Å². The zero-order valence-electron chi connectivity index (χ0n) is 9.68. The third-order valence-corrected chi connectivity index (χ3v) is 2.34. The molecular weight excluding hydrogens is 249 g/mol. The van der Waals surface area contributed by atoms with Gasteiger partial charge in [0, 0.05) is 5.69 Å². The monoisotopic (exact) mass is 260 g/mol. The number of amides is 3. The van der Waals surface area contributed by atoms with Crippen molar-refractivity contribution in [3.63, 3.8) is 0 Å². The van der Waals surface area contributed by atoms with Crippen molar-refractivity contribution in [1.82, 2.24) is 5.32 Å². The molecule has 18 heavy (non-hydrogen) atoms. The molecule has 1 aromatic rings. The van der Waals surface area contributed by atoms with Gasteiger partial charge in [0.15, 0.2) is 0 Å². The first-order chi connectivity index (χ1) is 8.21. The van der Waals surface area contributed by atoms with Gasteiger partial charge in [0.05, 0.1) is 0 Å². The zero-order chi connectivity index (χ0) is 13.9. The van der Waals surface area contributed by atoms with Gasteiger partial charge in [0.2, 0.25) is 0 Å². The number of urea groups is 1. The second kappa shape index (κ2) is 5.07. The summed E-state index contributed by atoms with van der Waals surface area (Å²) in [6.07, 6.45) is -5.08. The molecule has 0 aliphatic carbocycles. The number of hydrogen-bond acceptors (Lipinski definition) is 2. The minimum Gasteiger partial charge on any atom is -0.307 e. The molecule has 0 aliphatic rings. The molecule has 0 fully saturated rings. The molecule has 0 spiro atoms. The van der Waals surface area contributed by atoms with E-state index >= 15 is 0 Å². The molecule has 2 N–H and O–H groups in total. The first-order valence-electron chi connectivity index (χ1n) is 4.97. The number of imide groups is 1. The quantitative estimate of drug-likeness (QED) is 0.815. The van der Waals surface area contributed by atoms with Crippen LogP contribution in [0, 0.1) is 13.8 Å². The van der Waals surface area contributed by atoms with E-state index in [1.165, 1.54) is 11.4 Å². The van der Waals surface area contributed by atoms with Crippen LogP contribution in [0.4, 0.5) is 23.7 Å². The zero-order valence-corrected chi connectivity index (χ0v) is 9.68. The van der Waals surface area contributed by atoms with Crippen molar-refractivity contribution in [3.8, 4) is 0 Å². The molecule has 7 heteroatoms. The molecule has 0 aliphatic heterocycles. The molecule has 0 saturated heterocycles. The van der Waals surface area contributed by atoms with Crippen LogP contribution in [0.1, 0.15) is 11.1 Å². The Morgan fingerprint density at radius 1 is 1.17 bits per heavy atom. The van der Waals surface area contributed by atoms with E-state index in [0.29, 0.717) is 11.3 Å². The predicted molar refractivity (Wildman–Crippen MR) is 59.1 cm³/mol. The van der Waals surface area contributed by atoms with E-state index in [0.717, 1.165) is 5.56 Å². The number of alkyl halides is 3. The second-order valence-corrected chi connectivity index (χ2v) is 3.65. The molecular formula is C11H11F3N2O2. The third-order valence-electron chi connectivity index (χ3n) is 2.34. The minimum atomic E-state index is -5.08. The van der Waals surface area contributed by atoms with E-state index in [-0.39, 0.29) is 0 Å². The number of nitrogens with one attached hydrogen (secondary N) is 2. The second-order valence-electron chi connectivity index (χ2n) is 3.65. The lowest BCUT2D eigenvalue weighted by Crippen LogP contribution is -2.42. The summed E-state index contributed by atoms with van der Waals surface area (Å²) >= 11 is 0. The van der Waals surface area contributed by atoms with Gasteiger partial charge in [0.1, 0.15) is 0 Å². The van der Waals surface area contributed by atoms with Crippen LogP contribution in [0.15, 0.2) is 18.2 Å². The van der Waals surface area contributed by atoms with Crippen molar-refractivity contribution in [2.45, 2.75) is 20.0 Å². The summed E-state index contributed by atoms with van der Waals surface area (Å²) in [7, 11) is 0. The maximum atomic E-state index is 11.9. The predicted octanol–water partition coefficient (Wildman–Crippen LogP) is 2.51. The van der Waals surface area contributed by atoms with Gasteiger partial charge in [-0.2, -0.15) is 13.2 Å². The highest BCUT2D eigenvalue weighted by atomic mass is 19.4.